The number of benzene rings is 1. The molecule has 0 saturated heterocycles. The van der Waals surface area contributed by atoms with E-state index in [1.54, 1.807) is 10.6 Å². The van der Waals surface area contributed by atoms with Crippen LogP contribution in [0.15, 0.2) is 36.7 Å². The van der Waals surface area contributed by atoms with Crippen molar-refractivity contribution in [2.75, 3.05) is 20.6 Å². The predicted molar refractivity (Wildman–Crippen MR) is 105 cm³/mol. The Labute approximate surface area is 159 Å². The average molecular weight is 366 g/mol. The first kappa shape index (κ1) is 19.0. The number of hydrogen-bond acceptors (Lipinski definition) is 5. The van der Waals surface area contributed by atoms with Crippen molar-refractivity contribution in [3.8, 4) is 0 Å². The Hall–Kier alpha value is -2.80. The topological polar surface area (TPSA) is 75.4 Å². The van der Waals surface area contributed by atoms with Crippen LogP contribution in [0.25, 0.3) is 5.78 Å². The molecule has 142 valence electrons. The lowest BCUT2D eigenvalue weighted by Gasteiger charge is -2.25. The quantitative estimate of drug-likeness (QED) is 0.726. The van der Waals surface area contributed by atoms with Gasteiger partial charge in [0.15, 0.2) is 0 Å². The molecular formula is C20H26N6O. The van der Waals surface area contributed by atoms with Gasteiger partial charge in [-0.1, -0.05) is 43.7 Å². The summed E-state index contributed by atoms with van der Waals surface area (Å²) in [5.41, 5.74) is 3.65. The third-order valence-electron chi connectivity index (χ3n) is 4.64. The van der Waals surface area contributed by atoms with E-state index in [2.05, 4.69) is 70.3 Å². The minimum Gasteiger partial charge on any atom is -0.349 e. The van der Waals surface area contributed by atoms with Crippen LogP contribution in [0.5, 0.6) is 0 Å². The van der Waals surface area contributed by atoms with Crippen molar-refractivity contribution in [1.82, 2.24) is 29.8 Å². The molecule has 0 aliphatic rings. The van der Waals surface area contributed by atoms with Gasteiger partial charge in [-0.3, -0.25) is 4.79 Å². The molecule has 0 aliphatic heterocycles. The molecule has 0 aliphatic carbocycles. The fourth-order valence-corrected chi connectivity index (χ4v) is 3.03. The van der Waals surface area contributed by atoms with E-state index in [-0.39, 0.29) is 17.9 Å². The van der Waals surface area contributed by atoms with Crippen LogP contribution in [0, 0.1) is 6.92 Å². The van der Waals surface area contributed by atoms with Gasteiger partial charge < -0.3 is 10.2 Å². The Bertz CT molecular complexity index is 929. The molecular weight excluding hydrogens is 340 g/mol. The zero-order chi connectivity index (χ0) is 19.6. The number of nitrogens with one attached hydrogen (secondary N) is 1. The summed E-state index contributed by atoms with van der Waals surface area (Å²) in [4.78, 5) is 23.3. The highest BCUT2D eigenvalue weighted by Gasteiger charge is 2.19. The van der Waals surface area contributed by atoms with Crippen LogP contribution in [0.3, 0.4) is 0 Å². The molecule has 0 bridgehead atoms. The van der Waals surface area contributed by atoms with Gasteiger partial charge in [0.1, 0.15) is 12.0 Å². The van der Waals surface area contributed by atoms with Crippen molar-refractivity contribution in [3.63, 3.8) is 0 Å². The van der Waals surface area contributed by atoms with Gasteiger partial charge in [0.2, 0.25) is 0 Å². The molecule has 7 nitrogen and oxygen atoms in total. The summed E-state index contributed by atoms with van der Waals surface area (Å²) in [5.74, 6) is 0.432. The number of fused-ring (bicyclic) bond motifs is 1. The summed E-state index contributed by atoms with van der Waals surface area (Å²) >= 11 is 0. The minimum absolute atomic E-state index is 0.0796. The Balaban J connectivity index is 1.80. The van der Waals surface area contributed by atoms with Crippen molar-refractivity contribution < 1.29 is 4.79 Å². The molecule has 2 heterocycles. The first-order valence-corrected chi connectivity index (χ1v) is 9.08. The lowest BCUT2D eigenvalue weighted by atomic mass is 10.0. The molecule has 3 aromatic rings. The van der Waals surface area contributed by atoms with Gasteiger partial charge in [-0.15, -0.1) is 0 Å². The van der Waals surface area contributed by atoms with Crippen molar-refractivity contribution >= 4 is 11.7 Å². The summed E-state index contributed by atoms with van der Waals surface area (Å²) < 4.78 is 1.68. The van der Waals surface area contributed by atoms with Gasteiger partial charge in [0, 0.05) is 6.54 Å². The molecule has 0 radical (unpaired) electrons. The summed E-state index contributed by atoms with van der Waals surface area (Å²) in [7, 11) is 4.02. The second kappa shape index (κ2) is 7.84. The normalized spacial score (nSPS) is 12.7. The van der Waals surface area contributed by atoms with Gasteiger partial charge >= 0.3 is 0 Å². The van der Waals surface area contributed by atoms with Crippen LogP contribution in [0.2, 0.25) is 0 Å². The van der Waals surface area contributed by atoms with E-state index in [0.29, 0.717) is 18.0 Å². The molecule has 1 unspecified atom stereocenters. The fourth-order valence-electron chi connectivity index (χ4n) is 3.03. The first-order valence-electron chi connectivity index (χ1n) is 9.08. The van der Waals surface area contributed by atoms with Crippen LogP contribution in [-0.2, 0) is 0 Å². The van der Waals surface area contributed by atoms with Crippen molar-refractivity contribution in [2.45, 2.75) is 32.7 Å². The van der Waals surface area contributed by atoms with Crippen molar-refractivity contribution in [3.05, 3.63) is 59.2 Å². The van der Waals surface area contributed by atoms with E-state index in [9.17, 15) is 4.79 Å². The number of amides is 1. The minimum atomic E-state index is -0.207. The Morgan fingerprint density at radius 3 is 2.56 bits per heavy atom. The Kier molecular flexibility index (Phi) is 5.51. The number of hydrogen-bond donors (Lipinski definition) is 1. The number of likely N-dealkylation sites (N-methyl/N-ethyl adjacent to an activating group) is 1. The number of carbonyl (C=O) groups excluding carboxylic acids is 1. The summed E-state index contributed by atoms with van der Waals surface area (Å²) in [6.45, 7) is 6.66. The monoisotopic (exact) mass is 366 g/mol. The van der Waals surface area contributed by atoms with Crippen LogP contribution in [-0.4, -0.2) is 51.0 Å². The summed E-state index contributed by atoms with van der Waals surface area (Å²) in [6, 6.07) is 10.2. The van der Waals surface area contributed by atoms with Gasteiger partial charge in [-0.25, -0.2) is 9.50 Å². The highest BCUT2D eigenvalue weighted by molar-refractivity contribution is 5.92. The Morgan fingerprint density at radius 2 is 1.93 bits per heavy atom. The third kappa shape index (κ3) is 4.14. The van der Waals surface area contributed by atoms with Gasteiger partial charge in [0.25, 0.3) is 11.7 Å². The lowest BCUT2D eigenvalue weighted by Crippen LogP contribution is -2.35. The van der Waals surface area contributed by atoms with Crippen LogP contribution in [0.1, 0.15) is 53.1 Å². The second-order valence-corrected chi connectivity index (χ2v) is 7.29. The smallest absolute Gasteiger partial charge is 0.270 e. The van der Waals surface area contributed by atoms with E-state index in [1.165, 1.54) is 11.9 Å². The molecule has 27 heavy (non-hydrogen) atoms. The highest BCUT2D eigenvalue weighted by atomic mass is 16.1. The number of aromatic nitrogens is 4. The second-order valence-electron chi connectivity index (χ2n) is 7.29. The van der Waals surface area contributed by atoms with E-state index in [0.717, 1.165) is 11.3 Å². The van der Waals surface area contributed by atoms with E-state index < -0.39 is 0 Å². The summed E-state index contributed by atoms with van der Waals surface area (Å²) in [6.07, 6.45) is 1.45. The number of nitrogens with zero attached hydrogens (tertiary/aromatic N) is 5. The molecule has 0 spiro atoms. The number of aryl methyl sites for hydroxylation is 1. The molecule has 1 N–H and O–H groups in total. The van der Waals surface area contributed by atoms with E-state index in [1.807, 2.05) is 14.1 Å². The zero-order valence-electron chi connectivity index (χ0n) is 16.5. The zero-order valence-corrected chi connectivity index (χ0v) is 16.5. The van der Waals surface area contributed by atoms with Gasteiger partial charge in [0.05, 0.1) is 11.7 Å². The number of rotatable bonds is 6. The summed E-state index contributed by atoms with van der Waals surface area (Å²) in [5, 5.41) is 7.21. The van der Waals surface area contributed by atoms with Crippen LogP contribution in [0.4, 0.5) is 0 Å². The Morgan fingerprint density at radius 1 is 1.22 bits per heavy atom. The molecule has 0 fully saturated rings. The maximum absolute atomic E-state index is 12.7. The van der Waals surface area contributed by atoms with E-state index >= 15 is 0 Å². The molecule has 1 aromatic carbocycles. The first-order chi connectivity index (χ1) is 12.9. The molecule has 7 heteroatoms. The predicted octanol–water partition coefficient (Wildman–Crippen LogP) is 2.59. The molecule has 0 saturated carbocycles. The van der Waals surface area contributed by atoms with Crippen molar-refractivity contribution in [1.29, 1.82) is 0 Å². The van der Waals surface area contributed by atoms with Crippen LogP contribution < -0.4 is 5.32 Å². The van der Waals surface area contributed by atoms with E-state index in [4.69, 9.17) is 0 Å². The van der Waals surface area contributed by atoms with Crippen molar-refractivity contribution in [2.24, 2.45) is 0 Å². The lowest BCUT2D eigenvalue weighted by molar-refractivity contribution is 0.0937. The fraction of sp³-hybridized carbons (Fsp3) is 0.400. The molecule has 3 rings (SSSR count). The van der Waals surface area contributed by atoms with Gasteiger partial charge in [-0.2, -0.15) is 10.1 Å². The SMILES string of the molecule is Cc1ccc(C(CNC(=O)c2cc(C(C)C)n3ncnc3n2)N(C)C)cc1. The standard InChI is InChI=1S/C20H26N6O/c1-13(2)17-10-16(24-20-22-12-23-26(17)20)19(27)21-11-18(25(4)5)15-8-6-14(3)7-9-15/h6-10,12-13,18H,11H2,1-5H3,(H,21,27). The molecule has 2 aromatic heterocycles. The third-order valence-corrected chi connectivity index (χ3v) is 4.64. The average Bonchev–Trinajstić information content (AvgIpc) is 3.10. The maximum atomic E-state index is 12.7. The number of carbonyl (C=O) groups is 1. The largest absolute Gasteiger partial charge is 0.349 e. The van der Waals surface area contributed by atoms with Gasteiger partial charge in [-0.05, 0) is 38.6 Å². The highest BCUT2D eigenvalue weighted by Crippen LogP contribution is 2.19. The maximum Gasteiger partial charge on any atom is 0.270 e. The molecule has 1 amide bonds. The molecule has 1 atom stereocenters. The van der Waals surface area contributed by atoms with Crippen LogP contribution >= 0.6 is 0 Å².